The second-order valence-electron chi connectivity index (χ2n) is 6.00. The fraction of sp³-hybridized carbons (Fsp3) is 0.429. The predicted molar refractivity (Wildman–Crippen MR) is 86.1 cm³/mol. The number of fused-ring (bicyclic) bond motifs is 1. The Balaban J connectivity index is 1.48. The zero-order valence-electron chi connectivity index (χ0n) is 12.2. The van der Waals surface area contributed by atoms with Crippen molar-refractivity contribution in [3.05, 3.63) is 44.3 Å². The highest BCUT2D eigenvalue weighted by Crippen LogP contribution is 2.34. The number of nitrogens with one attached hydrogen (secondary N) is 2. The molecule has 2 fully saturated rings. The predicted octanol–water partition coefficient (Wildman–Crippen LogP) is 0.0792. The first-order valence-electron chi connectivity index (χ1n) is 7.39. The van der Waals surface area contributed by atoms with Crippen LogP contribution in [0.5, 0.6) is 0 Å². The Morgan fingerprint density at radius 2 is 1.61 bits per heavy atom. The molecule has 2 saturated heterocycles. The summed E-state index contributed by atoms with van der Waals surface area (Å²) in [5.41, 5.74) is -0.849. The Bertz CT molecular complexity index is 790. The molecule has 2 aliphatic rings. The molecule has 2 aromatic rings. The molecule has 0 amide bonds. The highest BCUT2D eigenvalue weighted by atomic mass is 35.5. The van der Waals surface area contributed by atoms with Crippen LogP contribution in [-0.2, 0) is 0 Å². The summed E-state index contributed by atoms with van der Waals surface area (Å²) in [5.74, 6) is 2.19. The molecule has 0 saturated carbocycles. The lowest BCUT2D eigenvalue weighted by Crippen LogP contribution is -2.32. The van der Waals surface area contributed by atoms with Gasteiger partial charge in [0.05, 0.1) is 17.4 Å². The maximum absolute atomic E-state index is 11.4. The van der Waals surface area contributed by atoms with E-state index in [-0.39, 0.29) is 5.56 Å². The summed E-state index contributed by atoms with van der Waals surface area (Å²) >= 11 is 5.82. The van der Waals surface area contributed by atoms with Gasteiger partial charge in [-0.1, -0.05) is 11.6 Å². The Kier molecular flexibility index (Phi) is 3.33. The Labute approximate surface area is 136 Å². The third-order valence-corrected chi connectivity index (χ3v) is 4.66. The van der Waals surface area contributed by atoms with Crippen LogP contribution in [0.4, 0.5) is 11.8 Å². The van der Waals surface area contributed by atoms with E-state index in [1.165, 1.54) is 6.07 Å². The van der Waals surface area contributed by atoms with Gasteiger partial charge in [0.15, 0.2) is 0 Å². The molecule has 2 atom stereocenters. The minimum absolute atomic E-state index is 0.378. The van der Waals surface area contributed by atoms with E-state index < -0.39 is 5.69 Å². The number of rotatable bonds is 2. The van der Waals surface area contributed by atoms with Crippen LogP contribution >= 0.6 is 11.6 Å². The van der Waals surface area contributed by atoms with Crippen molar-refractivity contribution in [2.75, 3.05) is 36.0 Å². The summed E-state index contributed by atoms with van der Waals surface area (Å²) in [6.07, 6.45) is 3.20. The van der Waals surface area contributed by atoms with E-state index in [2.05, 4.69) is 29.7 Å². The van der Waals surface area contributed by atoms with Gasteiger partial charge in [-0.3, -0.25) is 14.8 Å². The summed E-state index contributed by atoms with van der Waals surface area (Å²) in [5, 5.41) is 0.526. The van der Waals surface area contributed by atoms with Crippen molar-refractivity contribution in [3.63, 3.8) is 0 Å². The van der Waals surface area contributed by atoms with Crippen molar-refractivity contribution in [3.8, 4) is 0 Å². The fourth-order valence-electron chi connectivity index (χ4n) is 3.45. The van der Waals surface area contributed by atoms with Crippen LogP contribution in [0.2, 0.25) is 5.02 Å². The van der Waals surface area contributed by atoms with Crippen LogP contribution in [0.15, 0.2) is 28.0 Å². The van der Waals surface area contributed by atoms with E-state index in [0.717, 1.165) is 26.2 Å². The first-order chi connectivity index (χ1) is 11.1. The maximum atomic E-state index is 11.4. The van der Waals surface area contributed by atoms with Crippen LogP contribution in [0, 0.1) is 11.8 Å². The standard InChI is InChI=1S/C14H15ClN6O2/c15-10-2-16-13(17-3-10)21-6-8-4-20(5-9(8)7-21)11-1-12(22)19-14(23)18-11/h1-3,8-9H,4-7H2,(H2,18,19,22,23). The third-order valence-electron chi connectivity index (χ3n) is 4.46. The molecule has 2 aliphatic heterocycles. The van der Waals surface area contributed by atoms with Crippen LogP contribution in [0.1, 0.15) is 0 Å². The van der Waals surface area contributed by atoms with Crippen LogP contribution in [0.3, 0.4) is 0 Å². The third kappa shape index (κ3) is 2.70. The topological polar surface area (TPSA) is 98.0 Å². The van der Waals surface area contributed by atoms with Crippen LogP contribution in [0.25, 0.3) is 0 Å². The van der Waals surface area contributed by atoms with Crippen LogP contribution < -0.4 is 21.0 Å². The smallest absolute Gasteiger partial charge is 0.327 e. The van der Waals surface area contributed by atoms with Gasteiger partial charge in [-0.2, -0.15) is 0 Å². The zero-order valence-corrected chi connectivity index (χ0v) is 13.0. The largest absolute Gasteiger partial charge is 0.357 e. The Morgan fingerprint density at radius 1 is 1.00 bits per heavy atom. The van der Waals surface area contributed by atoms with E-state index in [1.54, 1.807) is 12.4 Å². The average molecular weight is 335 g/mol. The molecular formula is C14H15ClN6O2. The summed E-state index contributed by atoms with van der Waals surface area (Å²) < 4.78 is 0. The Morgan fingerprint density at radius 3 is 2.22 bits per heavy atom. The molecule has 4 heterocycles. The number of halogens is 1. The zero-order chi connectivity index (χ0) is 16.0. The molecule has 2 N–H and O–H groups in total. The molecule has 4 rings (SSSR count). The molecule has 0 spiro atoms. The number of aromatic nitrogens is 4. The van der Waals surface area contributed by atoms with Crippen LogP contribution in [-0.4, -0.2) is 46.1 Å². The molecule has 9 heteroatoms. The fourth-order valence-corrected chi connectivity index (χ4v) is 3.55. The number of anilines is 2. The van der Waals surface area contributed by atoms with Crippen molar-refractivity contribution in [1.82, 2.24) is 19.9 Å². The number of H-pyrrole nitrogens is 2. The first kappa shape index (κ1) is 14.3. The maximum Gasteiger partial charge on any atom is 0.327 e. The highest BCUT2D eigenvalue weighted by Gasteiger charge is 2.41. The Hall–Kier alpha value is -2.35. The molecule has 0 bridgehead atoms. The lowest BCUT2D eigenvalue weighted by Gasteiger charge is -2.22. The first-order valence-corrected chi connectivity index (χ1v) is 7.77. The van der Waals surface area contributed by atoms with Gasteiger partial charge >= 0.3 is 5.69 Å². The SMILES string of the molecule is O=c1cc(N2CC3CN(c4ncc(Cl)cn4)CC3C2)[nH]c(=O)[nH]1. The van der Waals surface area contributed by atoms with Crippen molar-refractivity contribution >= 4 is 23.4 Å². The minimum atomic E-state index is -0.472. The molecule has 0 radical (unpaired) electrons. The lowest BCUT2D eigenvalue weighted by molar-refractivity contribution is 0.533. The molecule has 120 valence electrons. The van der Waals surface area contributed by atoms with Gasteiger partial charge in [0.1, 0.15) is 5.82 Å². The summed E-state index contributed by atoms with van der Waals surface area (Å²) in [6.45, 7) is 3.31. The second-order valence-corrected chi connectivity index (χ2v) is 6.44. The number of aromatic amines is 2. The number of hydrogen-bond acceptors (Lipinski definition) is 6. The van der Waals surface area contributed by atoms with Crippen molar-refractivity contribution in [2.24, 2.45) is 11.8 Å². The van der Waals surface area contributed by atoms with Gasteiger partial charge in [-0.15, -0.1) is 0 Å². The molecule has 8 nitrogen and oxygen atoms in total. The summed E-state index contributed by atoms with van der Waals surface area (Å²) in [7, 11) is 0. The lowest BCUT2D eigenvalue weighted by atomic mass is 10.0. The molecule has 2 aromatic heterocycles. The second kappa shape index (κ2) is 5.38. The van der Waals surface area contributed by atoms with Crippen molar-refractivity contribution in [1.29, 1.82) is 0 Å². The monoisotopic (exact) mass is 334 g/mol. The van der Waals surface area contributed by atoms with Gasteiger partial charge in [-0.25, -0.2) is 14.8 Å². The van der Waals surface area contributed by atoms with Crippen molar-refractivity contribution < 1.29 is 0 Å². The summed E-state index contributed by atoms with van der Waals surface area (Å²) in [4.78, 5) is 40.5. The van der Waals surface area contributed by atoms with E-state index in [4.69, 9.17) is 11.6 Å². The van der Waals surface area contributed by atoms with Gasteiger partial charge in [0.25, 0.3) is 5.56 Å². The van der Waals surface area contributed by atoms with Gasteiger partial charge in [0.2, 0.25) is 5.95 Å². The molecule has 23 heavy (non-hydrogen) atoms. The van der Waals surface area contributed by atoms with Gasteiger partial charge in [0, 0.05) is 44.1 Å². The van der Waals surface area contributed by atoms with Gasteiger partial charge in [-0.05, 0) is 0 Å². The molecule has 0 aromatic carbocycles. The van der Waals surface area contributed by atoms with Gasteiger partial charge < -0.3 is 9.80 Å². The van der Waals surface area contributed by atoms with E-state index in [0.29, 0.717) is 28.6 Å². The van der Waals surface area contributed by atoms with E-state index in [9.17, 15) is 9.59 Å². The molecule has 0 aliphatic carbocycles. The quantitative estimate of drug-likeness (QED) is 0.807. The number of nitrogens with zero attached hydrogens (tertiary/aromatic N) is 4. The van der Waals surface area contributed by atoms with Crippen molar-refractivity contribution in [2.45, 2.75) is 0 Å². The summed E-state index contributed by atoms with van der Waals surface area (Å²) in [6, 6.07) is 1.43. The highest BCUT2D eigenvalue weighted by molar-refractivity contribution is 6.30. The molecular weight excluding hydrogens is 320 g/mol. The van der Waals surface area contributed by atoms with E-state index in [1.807, 2.05) is 0 Å². The minimum Gasteiger partial charge on any atom is -0.357 e. The van der Waals surface area contributed by atoms with E-state index >= 15 is 0 Å². The molecule has 2 unspecified atom stereocenters. The normalized spacial score (nSPS) is 23.3. The average Bonchev–Trinajstić information content (AvgIpc) is 3.05. The number of hydrogen-bond donors (Lipinski definition) is 2.